The number of benzene rings is 1. The van der Waals surface area contributed by atoms with Crippen molar-refractivity contribution < 1.29 is 19.4 Å². The molecule has 22 heavy (non-hydrogen) atoms. The standard InChI is InChI=1S/C15H18FN3O3/c16-11-5-4-10(14(21)6-11)2-1-3-12(20)7-19-8-13(15(17)22)18-9-19/h4-6,8-9,12,20-21H,1-3,7H2,(H2,17,22). The average Bonchev–Trinajstić information content (AvgIpc) is 2.90. The van der Waals surface area contributed by atoms with Gasteiger partial charge in [-0.05, 0) is 30.9 Å². The molecule has 6 nitrogen and oxygen atoms in total. The van der Waals surface area contributed by atoms with Gasteiger partial charge in [0, 0.05) is 18.8 Å². The number of nitrogens with zero attached hydrogens (tertiary/aromatic N) is 2. The Hall–Kier alpha value is -2.41. The van der Waals surface area contributed by atoms with Gasteiger partial charge < -0.3 is 20.5 Å². The molecule has 1 heterocycles. The lowest BCUT2D eigenvalue weighted by Crippen LogP contribution is -2.15. The van der Waals surface area contributed by atoms with Crippen molar-refractivity contribution >= 4 is 5.91 Å². The Morgan fingerprint density at radius 1 is 1.45 bits per heavy atom. The minimum atomic E-state index is -0.613. The van der Waals surface area contributed by atoms with Gasteiger partial charge in [0.2, 0.25) is 0 Å². The molecule has 0 spiro atoms. The molecule has 0 fully saturated rings. The topological polar surface area (TPSA) is 101 Å². The zero-order valence-corrected chi connectivity index (χ0v) is 11.9. The molecule has 1 amide bonds. The fraction of sp³-hybridized carbons (Fsp3) is 0.333. The number of amides is 1. The summed E-state index contributed by atoms with van der Waals surface area (Å²) in [4.78, 5) is 14.7. The molecular weight excluding hydrogens is 289 g/mol. The van der Waals surface area contributed by atoms with Crippen LogP contribution in [0.2, 0.25) is 0 Å². The van der Waals surface area contributed by atoms with Crippen molar-refractivity contribution in [2.24, 2.45) is 5.73 Å². The summed E-state index contributed by atoms with van der Waals surface area (Å²) in [7, 11) is 0. The summed E-state index contributed by atoms with van der Waals surface area (Å²) in [5.74, 6) is -1.16. The van der Waals surface area contributed by atoms with Crippen molar-refractivity contribution in [1.82, 2.24) is 9.55 Å². The Balaban J connectivity index is 1.79. The average molecular weight is 307 g/mol. The van der Waals surface area contributed by atoms with E-state index in [1.807, 2.05) is 0 Å². The maximum atomic E-state index is 12.9. The van der Waals surface area contributed by atoms with Gasteiger partial charge in [-0.3, -0.25) is 4.79 Å². The first-order valence-corrected chi connectivity index (χ1v) is 6.92. The molecule has 1 unspecified atom stereocenters. The fourth-order valence-electron chi connectivity index (χ4n) is 2.20. The van der Waals surface area contributed by atoms with E-state index >= 15 is 0 Å². The monoisotopic (exact) mass is 307 g/mol. The fourth-order valence-corrected chi connectivity index (χ4v) is 2.20. The summed E-state index contributed by atoms with van der Waals surface area (Å²) in [6.45, 7) is 0.301. The zero-order valence-electron chi connectivity index (χ0n) is 11.9. The second kappa shape index (κ2) is 7.04. The highest BCUT2D eigenvalue weighted by atomic mass is 19.1. The summed E-state index contributed by atoms with van der Waals surface area (Å²) >= 11 is 0. The maximum absolute atomic E-state index is 12.9. The van der Waals surface area contributed by atoms with E-state index in [9.17, 15) is 19.4 Å². The third-order valence-electron chi connectivity index (χ3n) is 3.34. The number of hydrogen-bond donors (Lipinski definition) is 3. The molecule has 0 radical (unpaired) electrons. The van der Waals surface area contributed by atoms with Crippen molar-refractivity contribution in [3.63, 3.8) is 0 Å². The predicted octanol–water partition coefficient (Wildman–Crippen LogP) is 1.21. The lowest BCUT2D eigenvalue weighted by Gasteiger charge is -2.11. The van der Waals surface area contributed by atoms with Crippen molar-refractivity contribution in [2.75, 3.05) is 0 Å². The number of primary amides is 1. The molecule has 0 aliphatic carbocycles. The van der Waals surface area contributed by atoms with Crippen molar-refractivity contribution in [2.45, 2.75) is 31.9 Å². The third-order valence-corrected chi connectivity index (χ3v) is 3.34. The summed E-state index contributed by atoms with van der Waals surface area (Å²) in [5.41, 5.74) is 5.90. The van der Waals surface area contributed by atoms with Gasteiger partial charge in [0.25, 0.3) is 5.91 Å². The van der Waals surface area contributed by atoms with E-state index in [-0.39, 0.29) is 11.4 Å². The van der Waals surface area contributed by atoms with Gasteiger partial charge in [-0.1, -0.05) is 6.07 Å². The molecule has 1 aromatic heterocycles. The zero-order chi connectivity index (χ0) is 16.1. The van der Waals surface area contributed by atoms with E-state index in [0.717, 1.165) is 6.07 Å². The Labute approximate surface area is 127 Å². The number of aryl methyl sites for hydroxylation is 1. The molecule has 2 aromatic rings. The summed E-state index contributed by atoms with van der Waals surface area (Å²) in [6, 6.07) is 3.90. The summed E-state index contributed by atoms with van der Waals surface area (Å²) in [5, 5.41) is 19.5. The molecule has 1 aromatic carbocycles. The van der Waals surface area contributed by atoms with Crippen LogP contribution in [0.15, 0.2) is 30.7 Å². The van der Waals surface area contributed by atoms with Gasteiger partial charge in [-0.2, -0.15) is 0 Å². The van der Waals surface area contributed by atoms with Crippen molar-refractivity contribution in [3.05, 3.63) is 47.8 Å². The molecule has 0 aliphatic rings. The smallest absolute Gasteiger partial charge is 0.268 e. The van der Waals surface area contributed by atoms with Gasteiger partial charge in [0.05, 0.1) is 12.4 Å². The third kappa shape index (κ3) is 4.29. The predicted molar refractivity (Wildman–Crippen MR) is 77.8 cm³/mol. The van der Waals surface area contributed by atoms with Crippen LogP contribution in [0.5, 0.6) is 5.75 Å². The minimum absolute atomic E-state index is 0.0739. The van der Waals surface area contributed by atoms with E-state index in [1.165, 1.54) is 24.7 Å². The number of phenols is 1. The number of aromatic hydroxyl groups is 1. The number of aliphatic hydroxyl groups is 1. The van der Waals surface area contributed by atoms with Crippen LogP contribution in [0.1, 0.15) is 28.9 Å². The molecule has 1 atom stereocenters. The number of halogens is 1. The van der Waals surface area contributed by atoms with Crippen LogP contribution in [0.4, 0.5) is 4.39 Å². The largest absolute Gasteiger partial charge is 0.508 e. The number of phenolic OH excluding ortho intramolecular Hbond substituents is 1. The van der Waals surface area contributed by atoms with E-state index in [1.54, 1.807) is 4.57 Å². The van der Waals surface area contributed by atoms with Crippen LogP contribution in [0.3, 0.4) is 0 Å². The Bertz CT molecular complexity index is 657. The van der Waals surface area contributed by atoms with Crippen LogP contribution in [0, 0.1) is 5.82 Å². The number of carbonyl (C=O) groups is 1. The Kier molecular flexibility index (Phi) is 5.11. The van der Waals surface area contributed by atoms with Gasteiger partial charge in [-0.25, -0.2) is 9.37 Å². The molecule has 0 bridgehead atoms. The number of nitrogens with two attached hydrogens (primary N) is 1. The molecular formula is C15H18FN3O3. The molecule has 2 rings (SSSR count). The number of aromatic nitrogens is 2. The molecule has 7 heteroatoms. The molecule has 0 saturated carbocycles. The first kappa shape index (κ1) is 16.0. The maximum Gasteiger partial charge on any atom is 0.268 e. The van der Waals surface area contributed by atoms with Gasteiger partial charge in [-0.15, -0.1) is 0 Å². The van der Waals surface area contributed by atoms with Crippen LogP contribution in [-0.2, 0) is 13.0 Å². The lowest BCUT2D eigenvalue weighted by molar-refractivity contribution is 0.0995. The number of imidazole rings is 1. The SMILES string of the molecule is NC(=O)c1cn(CC(O)CCCc2ccc(F)cc2O)cn1. The van der Waals surface area contributed by atoms with Crippen LogP contribution >= 0.6 is 0 Å². The van der Waals surface area contributed by atoms with Crippen molar-refractivity contribution in [3.8, 4) is 5.75 Å². The van der Waals surface area contributed by atoms with Gasteiger partial charge >= 0.3 is 0 Å². The highest BCUT2D eigenvalue weighted by Crippen LogP contribution is 2.20. The van der Waals surface area contributed by atoms with Crippen LogP contribution in [-0.4, -0.2) is 31.8 Å². The number of carbonyl (C=O) groups excluding carboxylic acids is 1. The summed E-state index contributed by atoms with van der Waals surface area (Å²) < 4.78 is 14.5. The van der Waals surface area contributed by atoms with Gasteiger partial charge in [0.1, 0.15) is 17.3 Å². The first-order chi connectivity index (χ1) is 10.5. The Morgan fingerprint density at radius 2 is 2.23 bits per heavy atom. The Morgan fingerprint density at radius 3 is 2.86 bits per heavy atom. The van der Waals surface area contributed by atoms with Crippen LogP contribution < -0.4 is 5.73 Å². The second-order valence-corrected chi connectivity index (χ2v) is 5.14. The van der Waals surface area contributed by atoms with Crippen molar-refractivity contribution in [1.29, 1.82) is 0 Å². The van der Waals surface area contributed by atoms with E-state index in [0.29, 0.717) is 31.4 Å². The molecule has 0 aliphatic heterocycles. The number of aliphatic hydroxyl groups excluding tert-OH is 1. The molecule has 118 valence electrons. The second-order valence-electron chi connectivity index (χ2n) is 5.14. The lowest BCUT2D eigenvalue weighted by atomic mass is 10.0. The number of hydrogen-bond acceptors (Lipinski definition) is 4. The first-order valence-electron chi connectivity index (χ1n) is 6.92. The molecule has 0 saturated heterocycles. The normalized spacial score (nSPS) is 12.3. The number of rotatable bonds is 7. The van der Waals surface area contributed by atoms with Gasteiger partial charge in [0.15, 0.2) is 0 Å². The minimum Gasteiger partial charge on any atom is -0.508 e. The summed E-state index contributed by atoms with van der Waals surface area (Å²) in [6.07, 6.45) is 3.99. The van der Waals surface area contributed by atoms with E-state index in [2.05, 4.69) is 4.98 Å². The van der Waals surface area contributed by atoms with E-state index < -0.39 is 17.8 Å². The van der Waals surface area contributed by atoms with E-state index in [4.69, 9.17) is 5.73 Å². The van der Waals surface area contributed by atoms with Crippen LogP contribution in [0.25, 0.3) is 0 Å². The quantitative estimate of drug-likeness (QED) is 0.715. The highest BCUT2D eigenvalue weighted by Gasteiger charge is 2.10. The molecule has 4 N–H and O–H groups in total. The highest BCUT2D eigenvalue weighted by molar-refractivity contribution is 5.90.